The lowest BCUT2D eigenvalue weighted by atomic mass is 9.65. The minimum atomic E-state index is -1.01. The van der Waals surface area contributed by atoms with Gasteiger partial charge in [-0.2, -0.15) is 0 Å². The van der Waals surface area contributed by atoms with E-state index in [1.54, 1.807) is 19.3 Å². The van der Waals surface area contributed by atoms with Crippen LogP contribution in [0, 0.1) is 11.3 Å². The Hall–Kier alpha value is -1.98. The van der Waals surface area contributed by atoms with Gasteiger partial charge in [0, 0.05) is 26.1 Å². The Morgan fingerprint density at radius 3 is 2.50 bits per heavy atom. The van der Waals surface area contributed by atoms with Crippen LogP contribution in [-0.4, -0.2) is 45.2 Å². The van der Waals surface area contributed by atoms with Crippen LogP contribution in [0.2, 0.25) is 0 Å². The number of carbonyl (C=O) groups is 2. The number of amides is 1. The number of esters is 1. The number of rotatable bonds is 3. The highest BCUT2D eigenvalue weighted by Gasteiger charge is 2.55. The van der Waals surface area contributed by atoms with Crippen LogP contribution >= 0.6 is 0 Å². The minimum Gasteiger partial charge on any atom is -0.498 e. The summed E-state index contributed by atoms with van der Waals surface area (Å²) < 4.78 is 15.5. The fourth-order valence-electron chi connectivity index (χ4n) is 2.87. The molecule has 0 N–H and O–H groups in total. The zero-order valence-corrected chi connectivity index (χ0v) is 12.1. The molecule has 6 heteroatoms. The van der Waals surface area contributed by atoms with E-state index in [0.717, 1.165) is 0 Å². The molecule has 0 saturated carbocycles. The second kappa shape index (κ2) is 5.19. The summed E-state index contributed by atoms with van der Waals surface area (Å²) in [4.78, 5) is 26.1. The van der Waals surface area contributed by atoms with Gasteiger partial charge in [-0.25, -0.2) is 0 Å². The first kappa shape index (κ1) is 14.4. The molecule has 2 atom stereocenters. The molecule has 1 aliphatic carbocycles. The molecule has 20 heavy (non-hydrogen) atoms. The third-order valence-electron chi connectivity index (χ3n) is 4.07. The number of methoxy groups -OCH3 is 3. The zero-order valence-electron chi connectivity index (χ0n) is 12.1. The van der Waals surface area contributed by atoms with Gasteiger partial charge in [0.2, 0.25) is 5.91 Å². The third-order valence-corrected chi connectivity index (χ3v) is 4.07. The van der Waals surface area contributed by atoms with Crippen molar-refractivity contribution < 1.29 is 23.8 Å². The number of fused-ring (bicyclic) bond motifs is 1. The number of hydrogen-bond acceptors (Lipinski definition) is 5. The Kier molecular flexibility index (Phi) is 3.74. The van der Waals surface area contributed by atoms with E-state index in [9.17, 15) is 9.59 Å². The Morgan fingerprint density at radius 2 is 1.95 bits per heavy atom. The maximum absolute atomic E-state index is 12.4. The molecule has 0 radical (unpaired) electrons. The number of hydrogen-bond donors (Lipinski definition) is 0. The molecule has 1 amide bonds. The van der Waals surface area contributed by atoms with Gasteiger partial charge in [0.05, 0.1) is 27.2 Å². The first-order chi connectivity index (χ1) is 9.50. The Morgan fingerprint density at radius 1 is 1.30 bits per heavy atom. The zero-order chi connectivity index (χ0) is 14.9. The molecular weight excluding hydrogens is 262 g/mol. The smallest absolute Gasteiger partial charge is 0.317 e. The third kappa shape index (κ3) is 1.95. The maximum atomic E-state index is 12.4. The van der Waals surface area contributed by atoms with Crippen LogP contribution in [0.3, 0.4) is 0 Å². The predicted octanol–water partition coefficient (Wildman–Crippen LogP) is 1.05. The summed E-state index contributed by atoms with van der Waals surface area (Å²) in [6, 6.07) is 0. The number of nitrogens with zero attached hydrogens (tertiary/aromatic N) is 1. The van der Waals surface area contributed by atoms with E-state index in [1.807, 2.05) is 0 Å². The van der Waals surface area contributed by atoms with E-state index in [-0.39, 0.29) is 12.3 Å². The highest BCUT2D eigenvalue weighted by atomic mass is 16.5. The lowest BCUT2D eigenvalue weighted by Crippen LogP contribution is -2.51. The average Bonchev–Trinajstić information content (AvgIpc) is 2.49. The largest absolute Gasteiger partial charge is 0.498 e. The van der Waals surface area contributed by atoms with Crippen LogP contribution in [0.25, 0.3) is 0 Å². The first-order valence-electron chi connectivity index (χ1n) is 6.34. The molecule has 6 nitrogen and oxygen atoms in total. The van der Waals surface area contributed by atoms with Crippen LogP contribution in [0.5, 0.6) is 0 Å². The summed E-state index contributed by atoms with van der Waals surface area (Å²) >= 11 is 0. The highest BCUT2D eigenvalue weighted by Crippen LogP contribution is 2.48. The molecule has 1 heterocycles. The first-order valence-corrected chi connectivity index (χ1v) is 6.34. The Balaban J connectivity index is 2.53. The molecule has 0 aromatic carbocycles. The van der Waals surface area contributed by atoms with E-state index in [0.29, 0.717) is 17.9 Å². The molecule has 0 bridgehead atoms. The van der Waals surface area contributed by atoms with E-state index in [2.05, 4.69) is 0 Å². The van der Waals surface area contributed by atoms with Gasteiger partial charge in [-0.15, -0.1) is 0 Å². The molecule has 2 rings (SSSR count). The van der Waals surface area contributed by atoms with Crippen LogP contribution in [-0.2, 0) is 23.8 Å². The van der Waals surface area contributed by atoms with Gasteiger partial charge in [-0.1, -0.05) is 0 Å². The summed E-state index contributed by atoms with van der Waals surface area (Å²) in [5.74, 6) is 0.108. The van der Waals surface area contributed by atoms with E-state index in [4.69, 9.17) is 14.2 Å². The van der Waals surface area contributed by atoms with Gasteiger partial charge in [0.15, 0.2) is 0 Å². The lowest BCUT2D eigenvalue weighted by Gasteiger charge is -2.43. The van der Waals surface area contributed by atoms with Crippen molar-refractivity contribution in [2.75, 3.05) is 28.4 Å². The van der Waals surface area contributed by atoms with Crippen LogP contribution in [0.1, 0.15) is 12.8 Å². The summed E-state index contributed by atoms with van der Waals surface area (Å²) in [6.07, 6.45) is 3.93. The van der Waals surface area contributed by atoms with Crippen molar-refractivity contribution in [3.05, 3.63) is 23.8 Å². The molecule has 0 saturated heterocycles. The molecule has 0 spiro atoms. The molecular formula is C14H19NO5. The van der Waals surface area contributed by atoms with Gasteiger partial charge in [-0.3, -0.25) is 9.59 Å². The van der Waals surface area contributed by atoms with E-state index < -0.39 is 17.3 Å². The molecule has 0 aromatic heterocycles. The minimum absolute atomic E-state index is 0.123. The van der Waals surface area contributed by atoms with Crippen molar-refractivity contribution >= 4 is 11.9 Å². The van der Waals surface area contributed by atoms with Crippen LogP contribution < -0.4 is 0 Å². The fraction of sp³-hybridized carbons (Fsp3) is 0.571. The number of ether oxygens (including phenoxy) is 3. The van der Waals surface area contributed by atoms with Crippen LogP contribution in [0.15, 0.2) is 23.8 Å². The normalized spacial score (nSPS) is 29.1. The lowest BCUT2D eigenvalue weighted by molar-refractivity contribution is -0.161. The Labute approximate surface area is 118 Å². The second-order valence-electron chi connectivity index (χ2n) is 4.98. The van der Waals surface area contributed by atoms with Gasteiger partial charge in [0.1, 0.15) is 16.9 Å². The van der Waals surface area contributed by atoms with Crippen LogP contribution in [0.4, 0.5) is 0 Å². The molecule has 0 unspecified atom stereocenters. The standard InChI is InChI=1S/C14H19NO5/c1-15-6-5-14(13(17)20-4)8-11(19-3)10(18-2)7-9(14)12(15)16/h5-6,9H,7-8H2,1-4H3/t9-,14+/m0/s1. The van der Waals surface area contributed by atoms with Crippen molar-refractivity contribution in [1.82, 2.24) is 4.90 Å². The summed E-state index contributed by atoms with van der Waals surface area (Å²) in [5, 5.41) is 0. The van der Waals surface area contributed by atoms with Crippen molar-refractivity contribution in [2.24, 2.45) is 11.3 Å². The average molecular weight is 281 g/mol. The summed E-state index contributed by atoms with van der Waals surface area (Å²) in [6.45, 7) is 0. The fourth-order valence-corrected chi connectivity index (χ4v) is 2.87. The summed E-state index contributed by atoms with van der Waals surface area (Å²) in [7, 11) is 6.06. The monoisotopic (exact) mass is 281 g/mol. The molecule has 2 aliphatic rings. The highest BCUT2D eigenvalue weighted by molar-refractivity contribution is 5.92. The summed E-state index contributed by atoms with van der Waals surface area (Å²) in [5.41, 5.74) is -1.01. The number of carbonyl (C=O) groups excluding carboxylic acids is 2. The number of allylic oxidation sites excluding steroid dienone is 2. The van der Waals surface area contributed by atoms with Gasteiger partial charge < -0.3 is 19.1 Å². The van der Waals surface area contributed by atoms with E-state index in [1.165, 1.54) is 26.2 Å². The van der Waals surface area contributed by atoms with E-state index >= 15 is 0 Å². The second-order valence-corrected chi connectivity index (χ2v) is 4.98. The molecule has 1 aliphatic heterocycles. The van der Waals surface area contributed by atoms with Gasteiger partial charge >= 0.3 is 5.97 Å². The topological polar surface area (TPSA) is 65.1 Å². The molecule has 0 fully saturated rings. The van der Waals surface area contributed by atoms with Crippen molar-refractivity contribution in [3.63, 3.8) is 0 Å². The van der Waals surface area contributed by atoms with Crippen molar-refractivity contribution in [3.8, 4) is 0 Å². The molecule has 110 valence electrons. The predicted molar refractivity (Wildman–Crippen MR) is 70.1 cm³/mol. The maximum Gasteiger partial charge on any atom is 0.317 e. The molecule has 0 aromatic rings. The van der Waals surface area contributed by atoms with Gasteiger partial charge in [0.25, 0.3) is 0 Å². The van der Waals surface area contributed by atoms with Crippen molar-refractivity contribution in [1.29, 1.82) is 0 Å². The van der Waals surface area contributed by atoms with Crippen molar-refractivity contribution in [2.45, 2.75) is 12.8 Å². The SMILES string of the molecule is COC(=O)[C@@]12C=CN(C)C(=O)[C@@H]1CC(OC)=C(OC)C2. The quantitative estimate of drug-likeness (QED) is 0.723. The Bertz CT molecular complexity index is 496. The van der Waals surface area contributed by atoms with Gasteiger partial charge in [-0.05, 0) is 6.08 Å².